The Morgan fingerprint density at radius 2 is 2.24 bits per heavy atom. The van der Waals surface area contributed by atoms with E-state index < -0.39 is 0 Å². The lowest BCUT2D eigenvalue weighted by Gasteiger charge is -2.28. The van der Waals surface area contributed by atoms with E-state index in [1.165, 1.54) is 0 Å². The van der Waals surface area contributed by atoms with E-state index in [1.54, 1.807) is 16.7 Å². The number of likely N-dealkylation sites (N-methyl/N-ethyl adjacent to an activating group) is 2. The van der Waals surface area contributed by atoms with Crippen molar-refractivity contribution in [3.8, 4) is 0 Å². The SMILES string of the molecule is CCNC(=O)CN(CC)C(=O)C1CSCCN1. The summed E-state index contributed by atoms with van der Waals surface area (Å²) in [6.45, 7) is 5.95. The van der Waals surface area contributed by atoms with Crippen LogP contribution in [0.4, 0.5) is 0 Å². The van der Waals surface area contributed by atoms with Crippen LogP contribution in [0, 0.1) is 0 Å². The van der Waals surface area contributed by atoms with Crippen molar-refractivity contribution in [2.75, 3.05) is 37.7 Å². The van der Waals surface area contributed by atoms with Gasteiger partial charge in [-0.25, -0.2) is 0 Å². The van der Waals surface area contributed by atoms with Gasteiger partial charge in [0.1, 0.15) is 0 Å². The molecule has 2 N–H and O–H groups in total. The Morgan fingerprint density at radius 3 is 2.76 bits per heavy atom. The van der Waals surface area contributed by atoms with Gasteiger partial charge >= 0.3 is 0 Å². The van der Waals surface area contributed by atoms with Gasteiger partial charge in [0.15, 0.2) is 0 Å². The quantitative estimate of drug-likeness (QED) is 0.710. The molecule has 17 heavy (non-hydrogen) atoms. The summed E-state index contributed by atoms with van der Waals surface area (Å²) in [5.41, 5.74) is 0. The number of nitrogens with zero attached hydrogens (tertiary/aromatic N) is 1. The van der Waals surface area contributed by atoms with Crippen molar-refractivity contribution < 1.29 is 9.59 Å². The molecule has 0 spiro atoms. The van der Waals surface area contributed by atoms with Gasteiger partial charge in [-0.15, -0.1) is 0 Å². The molecular weight excluding hydrogens is 238 g/mol. The number of hydrogen-bond acceptors (Lipinski definition) is 4. The summed E-state index contributed by atoms with van der Waals surface area (Å²) in [6, 6.07) is -0.136. The van der Waals surface area contributed by atoms with Crippen molar-refractivity contribution >= 4 is 23.6 Å². The minimum atomic E-state index is -0.136. The summed E-state index contributed by atoms with van der Waals surface area (Å²) in [7, 11) is 0. The van der Waals surface area contributed by atoms with Crippen LogP contribution in [-0.2, 0) is 9.59 Å². The average molecular weight is 259 g/mol. The second-order valence-electron chi connectivity index (χ2n) is 3.89. The summed E-state index contributed by atoms with van der Waals surface area (Å²) < 4.78 is 0. The van der Waals surface area contributed by atoms with E-state index in [0.717, 1.165) is 18.1 Å². The Kier molecular flexibility index (Phi) is 6.36. The van der Waals surface area contributed by atoms with Gasteiger partial charge in [-0.1, -0.05) is 0 Å². The van der Waals surface area contributed by atoms with E-state index in [9.17, 15) is 9.59 Å². The number of nitrogens with one attached hydrogen (secondary N) is 2. The lowest BCUT2D eigenvalue weighted by molar-refractivity contribution is -0.137. The van der Waals surface area contributed by atoms with Crippen LogP contribution in [0.15, 0.2) is 0 Å². The Morgan fingerprint density at radius 1 is 1.47 bits per heavy atom. The molecule has 0 aliphatic carbocycles. The van der Waals surface area contributed by atoms with Crippen LogP contribution in [0.1, 0.15) is 13.8 Å². The first-order valence-corrected chi connectivity index (χ1v) is 7.21. The molecule has 0 radical (unpaired) electrons. The van der Waals surface area contributed by atoms with Crippen molar-refractivity contribution in [1.82, 2.24) is 15.5 Å². The molecule has 5 nitrogen and oxygen atoms in total. The molecule has 1 rings (SSSR count). The van der Waals surface area contributed by atoms with E-state index in [-0.39, 0.29) is 24.4 Å². The predicted molar refractivity (Wildman–Crippen MR) is 70.1 cm³/mol. The van der Waals surface area contributed by atoms with Crippen molar-refractivity contribution in [3.63, 3.8) is 0 Å². The maximum Gasteiger partial charge on any atom is 0.241 e. The molecule has 2 amide bonds. The van der Waals surface area contributed by atoms with Crippen molar-refractivity contribution in [1.29, 1.82) is 0 Å². The molecule has 1 saturated heterocycles. The topological polar surface area (TPSA) is 61.4 Å². The van der Waals surface area contributed by atoms with E-state index in [4.69, 9.17) is 0 Å². The molecule has 1 aliphatic rings. The highest BCUT2D eigenvalue weighted by molar-refractivity contribution is 7.99. The van der Waals surface area contributed by atoms with E-state index >= 15 is 0 Å². The Bertz CT molecular complexity index is 267. The Hall–Kier alpha value is -0.750. The fraction of sp³-hybridized carbons (Fsp3) is 0.818. The van der Waals surface area contributed by atoms with Crippen LogP contribution in [0.2, 0.25) is 0 Å². The Balaban J connectivity index is 2.47. The number of carbonyl (C=O) groups is 2. The van der Waals surface area contributed by atoms with E-state index in [0.29, 0.717) is 13.1 Å². The number of hydrogen-bond donors (Lipinski definition) is 2. The zero-order valence-electron chi connectivity index (χ0n) is 10.5. The predicted octanol–water partition coefficient (Wildman–Crippen LogP) is -0.324. The van der Waals surface area contributed by atoms with Crippen molar-refractivity contribution in [2.24, 2.45) is 0 Å². The van der Waals surface area contributed by atoms with Gasteiger partial charge in [0.2, 0.25) is 11.8 Å². The van der Waals surface area contributed by atoms with Crippen LogP contribution < -0.4 is 10.6 Å². The average Bonchev–Trinajstić information content (AvgIpc) is 2.36. The lowest BCUT2D eigenvalue weighted by atomic mass is 10.2. The van der Waals surface area contributed by atoms with E-state index in [2.05, 4.69) is 10.6 Å². The van der Waals surface area contributed by atoms with Gasteiger partial charge < -0.3 is 15.5 Å². The van der Waals surface area contributed by atoms with Crippen molar-refractivity contribution in [2.45, 2.75) is 19.9 Å². The highest BCUT2D eigenvalue weighted by atomic mass is 32.2. The summed E-state index contributed by atoms with van der Waals surface area (Å²) >= 11 is 1.78. The molecule has 1 atom stereocenters. The largest absolute Gasteiger partial charge is 0.355 e. The van der Waals surface area contributed by atoms with Gasteiger partial charge in [0.05, 0.1) is 12.6 Å². The van der Waals surface area contributed by atoms with Crippen LogP contribution in [0.3, 0.4) is 0 Å². The first-order chi connectivity index (χ1) is 8.19. The van der Waals surface area contributed by atoms with E-state index in [1.807, 2.05) is 13.8 Å². The van der Waals surface area contributed by atoms with Crippen LogP contribution >= 0.6 is 11.8 Å². The van der Waals surface area contributed by atoms with Crippen molar-refractivity contribution in [3.05, 3.63) is 0 Å². The molecule has 0 aromatic carbocycles. The zero-order chi connectivity index (χ0) is 12.7. The smallest absolute Gasteiger partial charge is 0.241 e. The molecule has 0 aromatic heterocycles. The summed E-state index contributed by atoms with van der Waals surface area (Å²) in [5.74, 6) is 1.79. The molecule has 1 aliphatic heterocycles. The van der Waals surface area contributed by atoms with Crippen LogP contribution in [-0.4, -0.2) is 60.4 Å². The van der Waals surface area contributed by atoms with Gasteiger partial charge in [0, 0.05) is 31.1 Å². The number of carbonyl (C=O) groups excluding carboxylic acids is 2. The number of amides is 2. The fourth-order valence-electron chi connectivity index (χ4n) is 1.72. The third kappa shape index (κ3) is 4.55. The zero-order valence-corrected chi connectivity index (χ0v) is 11.3. The summed E-state index contributed by atoms with van der Waals surface area (Å²) in [6.07, 6.45) is 0. The number of thioether (sulfide) groups is 1. The summed E-state index contributed by atoms with van der Waals surface area (Å²) in [5, 5.41) is 5.90. The molecule has 1 heterocycles. The summed E-state index contributed by atoms with van der Waals surface area (Å²) in [4.78, 5) is 25.2. The molecule has 0 aromatic rings. The number of rotatable bonds is 5. The van der Waals surface area contributed by atoms with Gasteiger partial charge in [-0.05, 0) is 13.8 Å². The molecule has 1 unspecified atom stereocenters. The minimum Gasteiger partial charge on any atom is -0.355 e. The standard InChI is InChI=1S/C11H21N3O2S/c1-3-12-10(15)7-14(4-2)11(16)9-8-17-6-5-13-9/h9,13H,3-8H2,1-2H3,(H,12,15). The second-order valence-corrected chi connectivity index (χ2v) is 5.04. The molecule has 98 valence electrons. The highest BCUT2D eigenvalue weighted by Crippen LogP contribution is 2.09. The van der Waals surface area contributed by atoms with Gasteiger partial charge in [-0.2, -0.15) is 11.8 Å². The monoisotopic (exact) mass is 259 g/mol. The maximum absolute atomic E-state index is 12.1. The maximum atomic E-state index is 12.1. The fourth-order valence-corrected chi connectivity index (χ4v) is 2.64. The third-order valence-electron chi connectivity index (χ3n) is 2.62. The first-order valence-electron chi connectivity index (χ1n) is 6.05. The molecule has 0 saturated carbocycles. The highest BCUT2D eigenvalue weighted by Gasteiger charge is 2.26. The molecular formula is C11H21N3O2S. The first kappa shape index (κ1) is 14.3. The molecule has 1 fully saturated rings. The van der Waals surface area contributed by atoms with Gasteiger partial charge in [-0.3, -0.25) is 9.59 Å². The molecule has 6 heteroatoms. The normalized spacial score (nSPS) is 19.8. The molecule has 0 bridgehead atoms. The van der Waals surface area contributed by atoms with Gasteiger partial charge in [0.25, 0.3) is 0 Å². The second kappa shape index (κ2) is 7.55. The van der Waals surface area contributed by atoms with Crippen LogP contribution in [0.25, 0.3) is 0 Å². The lowest BCUT2D eigenvalue weighted by Crippen LogP contribution is -2.52. The Labute approximate surface area is 107 Å². The van der Waals surface area contributed by atoms with Crippen LogP contribution in [0.5, 0.6) is 0 Å². The third-order valence-corrected chi connectivity index (χ3v) is 3.68. The minimum absolute atomic E-state index is 0.0333.